The fourth-order valence-corrected chi connectivity index (χ4v) is 4.93. The molecule has 1 heterocycles. The molecule has 0 atom stereocenters. The van der Waals surface area contributed by atoms with Gasteiger partial charge in [0.1, 0.15) is 0 Å². The van der Waals surface area contributed by atoms with Gasteiger partial charge in [-0.05, 0) is 82.8 Å². The summed E-state index contributed by atoms with van der Waals surface area (Å²) in [6, 6.07) is 26.4. The predicted octanol–water partition coefficient (Wildman–Crippen LogP) is 6.28. The Balaban J connectivity index is 1.44. The Kier molecular flexibility index (Phi) is 3.49. The first-order valence-corrected chi connectivity index (χ1v) is 10.2. The smallest absolute Gasteiger partial charge is 0.0702 e. The zero-order chi connectivity index (χ0) is 18.5. The van der Waals surface area contributed by atoms with Crippen molar-refractivity contribution in [1.29, 1.82) is 0 Å². The Morgan fingerprint density at radius 3 is 1.79 bits per heavy atom. The Labute approximate surface area is 165 Å². The van der Waals surface area contributed by atoms with Gasteiger partial charge in [-0.25, -0.2) is 0 Å². The van der Waals surface area contributed by atoms with Crippen LogP contribution in [0.4, 0.5) is 0 Å². The van der Waals surface area contributed by atoms with Crippen molar-refractivity contribution in [2.75, 3.05) is 0 Å². The molecular weight excluding hydrogens is 338 g/mol. The van der Waals surface area contributed by atoms with Crippen LogP contribution in [-0.2, 0) is 25.7 Å². The number of rotatable bonds is 2. The maximum atomic E-state index is 4.81. The molecule has 0 bridgehead atoms. The van der Waals surface area contributed by atoms with Gasteiger partial charge in [0, 0.05) is 17.3 Å². The zero-order valence-corrected chi connectivity index (χ0v) is 15.8. The predicted molar refractivity (Wildman–Crippen MR) is 115 cm³/mol. The van der Waals surface area contributed by atoms with Crippen molar-refractivity contribution in [2.45, 2.75) is 25.7 Å². The molecule has 0 spiro atoms. The standard InChI is InChI=1S/C27H21N/c1-2-5-18(6-3-1)23-13-14-25(28-17-23)24-15-21-11-9-19-7-4-8-20-10-12-22(16-24)27(21)26(19)20/h1-8,13-17H,9-12H2. The number of aromatic nitrogens is 1. The lowest BCUT2D eigenvalue weighted by Crippen LogP contribution is -2.14. The van der Waals surface area contributed by atoms with Crippen LogP contribution < -0.4 is 0 Å². The molecule has 0 radical (unpaired) electrons. The second kappa shape index (κ2) is 6.17. The molecule has 4 aromatic rings. The van der Waals surface area contributed by atoms with Crippen molar-refractivity contribution >= 4 is 0 Å². The average Bonchev–Trinajstić information content (AvgIpc) is 2.78. The number of hydrogen-bond acceptors (Lipinski definition) is 1. The molecule has 2 aliphatic rings. The van der Waals surface area contributed by atoms with Crippen molar-refractivity contribution < 1.29 is 0 Å². The maximum Gasteiger partial charge on any atom is 0.0702 e. The number of hydrogen-bond donors (Lipinski definition) is 0. The van der Waals surface area contributed by atoms with E-state index in [2.05, 4.69) is 66.7 Å². The van der Waals surface area contributed by atoms with Gasteiger partial charge in [-0.1, -0.05) is 54.6 Å². The minimum atomic E-state index is 1.07. The number of aryl methyl sites for hydroxylation is 4. The van der Waals surface area contributed by atoms with Crippen LogP contribution in [-0.4, -0.2) is 4.98 Å². The normalized spacial score (nSPS) is 13.9. The molecule has 0 unspecified atom stereocenters. The van der Waals surface area contributed by atoms with E-state index in [1.807, 2.05) is 12.3 Å². The fraction of sp³-hybridized carbons (Fsp3) is 0.148. The van der Waals surface area contributed by atoms with Crippen LogP contribution in [0.25, 0.3) is 33.5 Å². The first kappa shape index (κ1) is 15.8. The second-order valence-corrected chi connectivity index (χ2v) is 7.92. The summed E-state index contributed by atoms with van der Waals surface area (Å²) in [7, 11) is 0. The average molecular weight is 359 g/mol. The minimum Gasteiger partial charge on any atom is -0.256 e. The van der Waals surface area contributed by atoms with E-state index < -0.39 is 0 Å². The molecule has 1 aromatic heterocycles. The van der Waals surface area contributed by atoms with Gasteiger partial charge < -0.3 is 0 Å². The molecule has 0 saturated carbocycles. The summed E-state index contributed by atoms with van der Waals surface area (Å²) >= 11 is 0. The molecule has 6 rings (SSSR count). The Bertz CT molecular complexity index is 1140. The lowest BCUT2D eigenvalue weighted by Gasteiger charge is -2.29. The van der Waals surface area contributed by atoms with Crippen LogP contribution >= 0.6 is 0 Å². The van der Waals surface area contributed by atoms with Crippen LogP contribution in [0.5, 0.6) is 0 Å². The quantitative estimate of drug-likeness (QED) is 0.410. The Hall–Kier alpha value is -3.19. The summed E-state index contributed by atoms with van der Waals surface area (Å²) in [6.07, 6.45) is 6.57. The number of pyridine rings is 1. The molecule has 0 N–H and O–H groups in total. The lowest BCUT2D eigenvalue weighted by molar-refractivity contribution is 0.877. The molecule has 134 valence electrons. The summed E-state index contributed by atoms with van der Waals surface area (Å²) < 4.78 is 0. The van der Waals surface area contributed by atoms with Crippen LogP contribution in [0.3, 0.4) is 0 Å². The summed E-state index contributed by atoms with van der Waals surface area (Å²) in [6.45, 7) is 0. The summed E-state index contributed by atoms with van der Waals surface area (Å²) in [5.41, 5.74) is 13.8. The molecule has 0 fully saturated rings. The minimum absolute atomic E-state index is 1.07. The third-order valence-electron chi connectivity index (χ3n) is 6.28. The highest BCUT2D eigenvalue weighted by Crippen LogP contribution is 2.43. The highest BCUT2D eigenvalue weighted by molar-refractivity contribution is 5.83. The largest absolute Gasteiger partial charge is 0.256 e. The van der Waals surface area contributed by atoms with Gasteiger partial charge in [0.25, 0.3) is 0 Å². The summed E-state index contributed by atoms with van der Waals surface area (Å²) in [4.78, 5) is 4.81. The summed E-state index contributed by atoms with van der Waals surface area (Å²) in [5, 5.41) is 0. The second-order valence-electron chi connectivity index (χ2n) is 7.92. The van der Waals surface area contributed by atoms with Gasteiger partial charge in [-0.2, -0.15) is 0 Å². The molecule has 0 saturated heterocycles. The number of nitrogens with zero attached hydrogens (tertiary/aromatic N) is 1. The molecule has 3 aromatic carbocycles. The van der Waals surface area contributed by atoms with E-state index in [9.17, 15) is 0 Å². The van der Waals surface area contributed by atoms with Gasteiger partial charge in [0.15, 0.2) is 0 Å². The van der Waals surface area contributed by atoms with Crippen LogP contribution in [0, 0.1) is 0 Å². The van der Waals surface area contributed by atoms with E-state index in [4.69, 9.17) is 4.98 Å². The number of benzene rings is 3. The van der Waals surface area contributed by atoms with E-state index in [-0.39, 0.29) is 0 Å². The third kappa shape index (κ3) is 2.43. The maximum absolute atomic E-state index is 4.81. The van der Waals surface area contributed by atoms with E-state index in [1.54, 1.807) is 0 Å². The van der Waals surface area contributed by atoms with Gasteiger partial charge in [-0.3, -0.25) is 4.98 Å². The van der Waals surface area contributed by atoms with Crippen molar-refractivity contribution in [3.63, 3.8) is 0 Å². The highest BCUT2D eigenvalue weighted by Gasteiger charge is 2.26. The monoisotopic (exact) mass is 359 g/mol. The molecule has 28 heavy (non-hydrogen) atoms. The first-order valence-electron chi connectivity index (χ1n) is 10.2. The van der Waals surface area contributed by atoms with Crippen molar-refractivity contribution in [3.8, 4) is 33.5 Å². The van der Waals surface area contributed by atoms with E-state index >= 15 is 0 Å². The highest BCUT2D eigenvalue weighted by atomic mass is 14.7. The van der Waals surface area contributed by atoms with Gasteiger partial charge >= 0.3 is 0 Å². The molecule has 0 aliphatic heterocycles. The molecular formula is C27H21N. The lowest BCUT2D eigenvalue weighted by atomic mass is 9.75. The van der Waals surface area contributed by atoms with Gasteiger partial charge in [-0.15, -0.1) is 0 Å². The SMILES string of the molecule is c1ccc(-c2ccc(-c3cc4c5c(c3)CCc3cccc(c3-5)CC4)nc2)cc1. The van der Waals surface area contributed by atoms with Crippen LogP contribution in [0.2, 0.25) is 0 Å². The van der Waals surface area contributed by atoms with Crippen molar-refractivity contribution in [1.82, 2.24) is 4.98 Å². The molecule has 2 aliphatic carbocycles. The van der Waals surface area contributed by atoms with E-state index in [0.717, 1.165) is 31.4 Å². The Morgan fingerprint density at radius 2 is 1.14 bits per heavy atom. The van der Waals surface area contributed by atoms with Gasteiger partial charge in [0.2, 0.25) is 0 Å². The zero-order valence-electron chi connectivity index (χ0n) is 15.8. The fourth-order valence-electron chi connectivity index (χ4n) is 4.93. The van der Waals surface area contributed by atoms with Crippen molar-refractivity contribution in [2.24, 2.45) is 0 Å². The van der Waals surface area contributed by atoms with Gasteiger partial charge in [0.05, 0.1) is 5.69 Å². The van der Waals surface area contributed by atoms with Crippen LogP contribution in [0.15, 0.2) is 79.0 Å². The topological polar surface area (TPSA) is 12.9 Å². The van der Waals surface area contributed by atoms with E-state index in [0.29, 0.717) is 0 Å². The third-order valence-corrected chi connectivity index (χ3v) is 6.28. The van der Waals surface area contributed by atoms with E-state index in [1.165, 1.54) is 50.1 Å². The van der Waals surface area contributed by atoms with Crippen molar-refractivity contribution in [3.05, 3.63) is 101 Å². The Morgan fingerprint density at radius 1 is 0.500 bits per heavy atom. The van der Waals surface area contributed by atoms with Crippen LogP contribution in [0.1, 0.15) is 22.3 Å². The summed E-state index contributed by atoms with van der Waals surface area (Å²) in [5.74, 6) is 0. The molecule has 1 heteroatoms. The first-order chi connectivity index (χ1) is 13.9. The molecule has 0 amide bonds. The molecule has 1 nitrogen and oxygen atoms in total.